The van der Waals surface area contributed by atoms with Gasteiger partial charge in [-0.2, -0.15) is 9.99 Å². The number of carbonyl (C=O) groups excluding carboxylic acids is 2. The number of hydrogen-bond donors (Lipinski definition) is 4. The Kier molecular flexibility index (Phi) is 5.04. The molecule has 0 bridgehead atoms. The molecule has 126 valence electrons. The lowest BCUT2D eigenvalue weighted by Gasteiger charge is -2.18. The first-order valence-electron chi connectivity index (χ1n) is 6.24. The Morgan fingerprint density at radius 2 is 1.62 bits per heavy atom. The molecular formula is C12H12Cl2N8O2. The molecule has 0 unspecified atom stereocenters. The van der Waals surface area contributed by atoms with E-state index in [2.05, 4.69) is 9.97 Å². The van der Waals surface area contributed by atoms with Crippen LogP contribution in [0, 0.1) is 0 Å². The number of rotatable bonds is 3. The maximum absolute atomic E-state index is 11.3. The molecule has 1 aromatic carbocycles. The number of aromatic nitrogens is 2. The molecule has 0 fully saturated rings. The number of nitrogens with zero attached hydrogens (tertiary/aromatic N) is 4. The molecule has 0 spiro atoms. The third kappa shape index (κ3) is 3.46. The minimum Gasteiger partial charge on any atom is -0.350 e. The lowest BCUT2D eigenvalue weighted by Crippen LogP contribution is -2.44. The SMILES string of the molecule is NC(=O)N(N)c1cc(-c2cccc(Cl)c2Cl)nc(N(N)C(N)=O)n1. The summed E-state index contributed by atoms with van der Waals surface area (Å²) in [6.07, 6.45) is 0. The summed E-state index contributed by atoms with van der Waals surface area (Å²) in [5.41, 5.74) is 10.8. The maximum atomic E-state index is 11.3. The lowest BCUT2D eigenvalue weighted by molar-refractivity contribution is 0.253. The van der Waals surface area contributed by atoms with E-state index in [0.29, 0.717) is 15.6 Å². The first kappa shape index (κ1) is 17.7. The highest BCUT2D eigenvalue weighted by Crippen LogP contribution is 2.34. The monoisotopic (exact) mass is 370 g/mol. The highest BCUT2D eigenvalue weighted by molar-refractivity contribution is 6.43. The molecule has 0 radical (unpaired) electrons. The summed E-state index contributed by atoms with van der Waals surface area (Å²) in [7, 11) is 0. The third-order valence-corrected chi connectivity index (χ3v) is 3.68. The number of urea groups is 2. The molecular weight excluding hydrogens is 359 g/mol. The quantitative estimate of drug-likeness (QED) is 0.356. The third-order valence-electron chi connectivity index (χ3n) is 2.87. The Morgan fingerprint density at radius 1 is 1.00 bits per heavy atom. The number of anilines is 2. The Hall–Kier alpha value is -2.66. The van der Waals surface area contributed by atoms with E-state index in [1.807, 2.05) is 0 Å². The minimum atomic E-state index is -1.03. The molecule has 0 saturated carbocycles. The Bertz CT molecular complexity index is 777. The number of amides is 4. The van der Waals surface area contributed by atoms with Crippen molar-refractivity contribution in [3.63, 3.8) is 0 Å². The van der Waals surface area contributed by atoms with Gasteiger partial charge in [0.15, 0.2) is 5.82 Å². The smallest absolute Gasteiger partial charge is 0.336 e. The minimum absolute atomic E-state index is 0.129. The summed E-state index contributed by atoms with van der Waals surface area (Å²) < 4.78 is 0. The van der Waals surface area contributed by atoms with Crippen molar-refractivity contribution in [1.29, 1.82) is 0 Å². The first-order chi connectivity index (χ1) is 11.2. The zero-order valence-corrected chi connectivity index (χ0v) is 13.5. The van der Waals surface area contributed by atoms with Gasteiger partial charge in [-0.05, 0) is 6.07 Å². The van der Waals surface area contributed by atoms with Crippen molar-refractivity contribution >= 4 is 47.0 Å². The lowest BCUT2D eigenvalue weighted by atomic mass is 10.1. The van der Waals surface area contributed by atoms with Crippen molar-refractivity contribution in [2.75, 3.05) is 10.0 Å². The van der Waals surface area contributed by atoms with E-state index in [-0.39, 0.29) is 27.5 Å². The number of nitrogens with two attached hydrogens (primary N) is 4. The van der Waals surface area contributed by atoms with Crippen molar-refractivity contribution in [3.05, 3.63) is 34.3 Å². The van der Waals surface area contributed by atoms with Gasteiger partial charge in [-0.15, -0.1) is 0 Å². The number of carbonyl (C=O) groups is 2. The van der Waals surface area contributed by atoms with Crippen LogP contribution in [0.25, 0.3) is 11.3 Å². The molecule has 2 aromatic rings. The van der Waals surface area contributed by atoms with Crippen molar-refractivity contribution < 1.29 is 9.59 Å². The second-order valence-corrected chi connectivity index (χ2v) is 5.21. The van der Waals surface area contributed by atoms with Crippen LogP contribution in [0.5, 0.6) is 0 Å². The fourth-order valence-electron chi connectivity index (χ4n) is 1.70. The van der Waals surface area contributed by atoms with E-state index in [1.165, 1.54) is 6.07 Å². The average Bonchev–Trinajstić information content (AvgIpc) is 2.55. The van der Waals surface area contributed by atoms with Crippen LogP contribution in [0.3, 0.4) is 0 Å². The molecule has 4 amide bonds. The van der Waals surface area contributed by atoms with Gasteiger partial charge < -0.3 is 11.5 Å². The zero-order valence-electron chi connectivity index (χ0n) is 12.0. The van der Waals surface area contributed by atoms with Crippen LogP contribution in [-0.2, 0) is 0 Å². The summed E-state index contributed by atoms with van der Waals surface area (Å²) in [4.78, 5) is 30.5. The van der Waals surface area contributed by atoms with Gasteiger partial charge in [-0.3, -0.25) is 0 Å². The molecule has 24 heavy (non-hydrogen) atoms. The molecule has 2 rings (SSSR count). The second-order valence-electron chi connectivity index (χ2n) is 4.43. The predicted octanol–water partition coefficient (Wildman–Crippen LogP) is 0.968. The number of primary amides is 2. The van der Waals surface area contributed by atoms with Crippen molar-refractivity contribution in [3.8, 4) is 11.3 Å². The molecule has 0 aliphatic rings. The van der Waals surface area contributed by atoms with E-state index in [4.69, 9.17) is 46.4 Å². The van der Waals surface area contributed by atoms with Crippen LogP contribution in [0.2, 0.25) is 10.0 Å². The van der Waals surface area contributed by atoms with Gasteiger partial charge in [-0.25, -0.2) is 31.3 Å². The number of hydrazine groups is 2. The molecule has 8 N–H and O–H groups in total. The van der Waals surface area contributed by atoms with Gasteiger partial charge in [0.25, 0.3) is 5.95 Å². The van der Waals surface area contributed by atoms with Gasteiger partial charge in [0, 0.05) is 11.6 Å². The largest absolute Gasteiger partial charge is 0.350 e. The molecule has 0 aliphatic carbocycles. The summed E-state index contributed by atoms with van der Waals surface area (Å²) in [5, 5.41) is 1.48. The Labute approximate surface area is 145 Å². The van der Waals surface area contributed by atoms with E-state index in [1.54, 1.807) is 18.2 Å². The number of benzene rings is 1. The Morgan fingerprint density at radius 3 is 2.21 bits per heavy atom. The van der Waals surface area contributed by atoms with Gasteiger partial charge in [0.1, 0.15) is 0 Å². The summed E-state index contributed by atoms with van der Waals surface area (Å²) in [6.45, 7) is 0. The normalized spacial score (nSPS) is 10.3. The maximum Gasteiger partial charge on any atom is 0.336 e. The summed E-state index contributed by atoms with van der Waals surface area (Å²) >= 11 is 12.1. The predicted molar refractivity (Wildman–Crippen MR) is 90.0 cm³/mol. The van der Waals surface area contributed by atoms with Gasteiger partial charge >= 0.3 is 12.1 Å². The van der Waals surface area contributed by atoms with Crippen LogP contribution >= 0.6 is 23.2 Å². The summed E-state index contributed by atoms with van der Waals surface area (Å²) in [5.74, 6) is 10.6. The molecule has 10 nitrogen and oxygen atoms in total. The Balaban J connectivity index is 2.68. The fourth-order valence-corrected chi connectivity index (χ4v) is 2.10. The second kappa shape index (κ2) is 6.84. The van der Waals surface area contributed by atoms with E-state index >= 15 is 0 Å². The van der Waals surface area contributed by atoms with Gasteiger partial charge in [0.2, 0.25) is 0 Å². The number of halogens is 2. The molecule has 0 atom stereocenters. The average molecular weight is 371 g/mol. The van der Waals surface area contributed by atoms with Gasteiger partial charge in [-0.1, -0.05) is 35.3 Å². The van der Waals surface area contributed by atoms with Crippen LogP contribution in [-0.4, -0.2) is 22.0 Å². The zero-order chi connectivity index (χ0) is 18.0. The van der Waals surface area contributed by atoms with E-state index < -0.39 is 12.1 Å². The molecule has 12 heteroatoms. The highest BCUT2D eigenvalue weighted by Gasteiger charge is 2.19. The topological polar surface area (TPSA) is 170 Å². The van der Waals surface area contributed by atoms with Crippen molar-refractivity contribution in [2.24, 2.45) is 23.2 Å². The van der Waals surface area contributed by atoms with Gasteiger partial charge in [0.05, 0.1) is 15.7 Å². The van der Waals surface area contributed by atoms with Crippen LogP contribution in [0.15, 0.2) is 24.3 Å². The summed E-state index contributed by atoms with van der Waals surface area (Å²) in [6, 6.07) is 4.12. The van der Waals surface area contributed by atoms with Crippen LogP contribution in [0.4, 0.5) is 21.4 Å². The number of hydrogen-bond acceptors (Lipinski definition) is 6. The molecule has 1 heterocycles. The first-order valence-corrected chi connectivity index (χ1v) is 7.00. The van der Waals surface area contributed by atoms with Crippen LogP contribution in [0.1, 0.15) is 0 Å². The van der Waals surface area contributed by atoms with E-state index in [9.17, 15) is 9.59 Å². The highest BCUT2D eigenvalue weighted by atomic mass is 35.5. The van der Waals surface area contributed by atoms with Crippen molar-refractivity contribution in [2.45, 2.75) is 0 Å². The molecule has 1 aromatic heterocycles. The fraction of sp³-hybridized carbons (Fsp3) is 0. The van der Waals surface area contributed by atoms with E-state index in [0.717, 1.165) is 0 Å². The van der Waals surface area contributed by atoms with Crippen LogP contribution < -0.4 is 33.2 Å². The van der Waals surface area contributed by atoms with Crippen molar-refractivity contribution in [1.82, 2.24) is 9.97 Å². The standard InChI is InChI=1S/C12H12Cl2N8O2/c13-6-3-1-2-5(9(6)14)7-4-8(21(17)10(15)23)20-12(19-7)22(18)11(16)24/h1-4H,17-18H2,(H2,15,23)(H2,16,24). The molecule has 0 aliphatic heterocycles. The molecule has 0 saturated heterocycles.